The van der Waals surface area contributed by atoms with Gasteiger partial charge in [0.25, 0.3) is 0 Å². The van der Waals surface area contributed by atoms with Gasteiger partial charge in [-0.15, -0.1) is 0 Å². The van der Waals surface area contributed by atoms with Crippen molar-refractivity contribution in [1.29, 1.82) is 0 Å². The Morgan fingerprint density at radius 1 is 1.00 bits per heavy atom. The Labute approximate surface area is 108 Å². The first-order valence-electron chi connectivity index (χ1n) is 6.25. The van der Waals surface area contributed by atoms with Crippen LogP contribution >= 0.6 is 0 Å². The number of aliphatic hydroxyl groups excluding tert-OH is 1. The standard InChI is InChI=1S/C17H18O/c1-14(18)17-13-6-5-11-16(17)12-7-10-15-8-3-2-4-9-15/h2-9,11-14,18H,10H2,1H3. The van der Waals surface area contributed by atoms with Crippen molar-refractivity contribution in [2.45, 2.75) is 19.4 Å². The van der Waals surface area contributed by atoms with Gasteiger partial charge in [0.05, 0.1) is 6.10 Å². The normalized spacial score (nSPS) is 12.8. The van der Waals surface area contributed by atoms with E-state index in [1.54, 1.807) is 6.92 Å². The summed E-state index contributed by atoms with van der Waals surface area (Å²) in [5.41, 5.74) is 3.36. The molecule has 1 N–H and O–H groups in total. The van der Waals surface area contributed by atoms with Gasteiger partial charge in [0.1, 0.15) is 0 Å². The molecule has 1 atom stereocenters. The van der Waals surface area contributed by atoms with Gasteiger partial charge in [-0.25, -0.2) is 0 Å². The first-order chi connectivity index (χ1) is 8.77. The maximum absolute atomic E-state index is 9.69. The van der Waals surface area contributed by atoms with Crippen molar-refractivity contribution in [3.8, 4) is 0 Å². The van der Waals surface area contributed by atoms with Crippen molar-refractivity contribution in [2.75, 3.05) is 0 Å². The fraction of sp³-hybridized carbons (Fsp3) is 0.176. The molecule has 2 rings (SSSR count). The third kappa shape index (κ3) is 3.31. The van der Waals surface area contributed by atoms with Gasteiger partial charge in [0.2, 0.25) is 0 Å². The fourth-order valence-corrected chi connectivity index (χ4v) is 1.98. The minimum absolute atomic E-state index is 0.428. The zero-order valence-electron chi connectivity index (χ0n) is 10.6. The first-order valence-corrected chi connectivity index (χ1v) is 6.25. The largest absolute Gasteiger partial charge is 0.389 e. The van der Waals surface area contributed by atoms with Gasteiger partial charge in [-0.2, -0.15) is 0 Å². The molecule has 0 radical (unpaired) electrons. The van der Waals surface area contributed by atoms with E-state index < -0.39 is 6.10 Å². The highest BCUT2D eigenvalue weighted by Crippen LogP contribution is 2.18. The van der Waals surface area contributed by atoms with Gasteiger partial charge in [0.15, 0.2) is 0 Å². The molecule has 0 bridgehead atoms. The van der Waals surface area contributed by atoms with Gasteiger partial charge in [-0.1, -0.05) is 66.7 Å². The highest BCUT2D eigenvalue weighted by molar-refractivity contribution is 5.54. The van der Waals surface area contributed by atoms with Crippen molar-refractivity contribution in [1.82, 2.24) is 0 Å². The summed E-state index contributed by atoms with van der Waals surface area (Å²) in [4.78, 5) is 0. The van der Waals surface area contributed by atoms with Gasteiger partial charge >= 0.3 is 0 Å². The number of benzene rings is 2. The predicted octanol–water partition coefficient (Wildman–Crippen LogP) is 4.00. The van der Waals surface area contributed by atoms with E-state index in [9.17, 15) is 5.11 Å². The first kappa shape index (κ1) is 12.6. The molecule has 2 aromatic rings. The minimum Gasteiger partial charge on any atom is -0.389 e. The van der Waals surface area contributed by atoms with Gasteiger partial charge < -0.3 is 5.11 Å². The van der Waals surface area contributed by atoms with Crippen LogP contribution in [0.1, 0.15) is 29.7 Å². The lowest BCUT2D eigenvalue weighted by molar-refractivity contribution is 0.199. The third-order valence-electron chi connectivity index (χ3n) is 2.94. The molecule has 18 heavy (non-hydrogen) atoms. The number of allylic oxidation sites excluding steroid dienone is 1. The van der Waals surface area contributed by atoms with Crippen LogP contribution in [-0.2, 0) is 6.42 Å². The van der Waals surface area contributed by atoms with E-state index in [-0.39, 0.29) is 0 Å². The Morgan fingerprint density at radius 2 is 1.67 bits per heavy atom. The molecule has 2 aromatic carbocycles. The maximum Gasteiger partial charge on any atom is 0.0767 e. The Bertz CT molecular complexity index is 512. The molecule has 0 spiro atoms. The average molecular weight is 238 g/mol. The van der Waals surface area contributed by atoms with E-state index in [0.717, 1.165) is 17.5 Å². The number of hydrogen-bond acceptors (Lipinski definition) is 1. The third-order valence-corrected chi connectivity index (χ3v) is 2.94. The molecule has 0 aliphatic heterocycles. The molecule has 0 aromatic heterocycles. The van der Waals surface area contributed by atoms with Crippen LogP contribution in [0.15, 0.2) is 60.7 Å². The van der Waals surface area contributed by atoms with Gasteiger partial charge in [-0.05, 0) is 30.0 Å². The monoisotopic (exact) mass is 238 g/mol. The average Bonchev–Trinajstić information content (AvgIpc) is 2.40. The van der Waals surface area contributed by atoms with Crippen LogP contribution in [0, 0.1) is 0 Å². The Hall–Kier alpha value is -1.86. The summed E-state index contributed by atoms with van der Waals surface area (Å²) < 4.78 is 0. The zero-order chi connectivity index (χ0) is 12.8. The van der Waals surface area contributed by atoms with Gasteiger partial charge in [0, 0.05) is 0 Å². The smallest absolute Gasteiger partial charge is 0.0767 e. The summed E-state index contributed by atoms with van der Waals surface area (Å²) in [7, 11) is 0. The van der Waals surface area contributed by atoms with Crippen LogP contribution in [0.5, 0.6) is 0 Å². The fourth-order valence-electron chi connectivity index (χ4n) is 1.98. The van der Waals surface area contributed by atoms with E-state index in [1.807, 2.05) is 42.5 Å². The lowest BCUT2D eigenvalue weighted by Gasteiger charge is -2.08. The minimum atomic E-state index is -0.428. The topological polar surface area (TPSA) is 20.2 Å². The van der Waals surface area contributed by atoms with E-state index >= 15 is 0 Å². The predicted molar refractivity (Wildman–Crippen MR) is 76.3 cm³/mol. The van der Waals surface area contributed by atoms with Gasteiger partial charge in [-0.3, -0.25) is 0 Å². The molecule has 92 valence electrons. The molecule has 0 saturated heterocycles. The Balaban J connectivity index is 2.10. The van der Waals surface area contributed by atoms with Crippen LogP contribution in [0.3, 0.4) is 0 Å². The number of hydrogen-bond donors (Lipinski definition) is 1. The number of rotatable bonds is 4. The molecule has 1 unspecified atom stereocenters. The van der Waals surface area contributed by atoms with E-state index in [2.05, 4.69) is 24.3 Å². The van der Waals surface area contributed by atoms with Crippen molar-refractivity contribution in [3.63, 3.8) is 0 Å². The summed E-state index contributed by atoms with van der Waals surface area (Å²) >= 11 is 0. The van der Waals surface area contributed by atoms with Crippen LogP contribution in [0.4, 0.5) is 0 Å². The van der Waals surface area contributed by atoms with Crippen molar-refractivity contribution in [2.24, 2.45) is 0 Å². The lowest BCUT2D eigenvalue weighted by Crippen LogP contribution is -1.93. The molecular weight excluding hydrogens is 220 g/mol. The van der Waals surface area contributed by atoms with E-state index in [0.29, 0.717) is 0 Å². The van der Waals surface area contributed by atoms with Crippen LogP contribution in [0.2, 0.25) is 0 Å². The van der Waals surface area contributed by atoms with Crippen molar-refractivity contribution < 1.29 is 5.11 Å². The van der Waals surface area contributed by atoms with Crippen LogP contribution in [0.25, 0.3) is 6.08 Å². The molecule has 0 fully saturated rings. The summed E-state index contributed by atoms with van der Waals surface area (Å²) in [5.74, 6) is 0. The van der Waals surface area contributed by atoms with Crippen molar-refractivity contribution in [3.05, 3.63) is 77.4 Å². The maximum atomic E-state index is 9.69. The highest BCUT2D eigenvalue weighted by atomic mass is 16.3. The summed E-state index contributed by atoms with van der Waals surface area (Å²) in [6, 6.07) is 18.3. The molecular formula is C17H18O. The zero-order valence-corrected chi connectivity index (χ0v) is 10.6. The Morgan fingerprint density at radius 3 is 2.39 bits per heavy atom. The second-order valence-electron chi connectivity index (χ2n) is 4.40. The molecule has 0 amide bonds. The molecule has 1 heteroatoms. The molecule has 0 aliphatic rings. The summed E-state index contributed by atoms with van der Waals surface area (Å²) in [5, 5.41) is 9.69. The summed E-state index contributed by atoms with van der Waals surface area (Å²) in [6.07, 6.45) is 4.70. The number of aliphatic hydroxyl groups is 1. The second-order valence-corrected chi connectivity index (χ2v) is 4.40. The van der Waals surface area contributed by atoms with Crippen LogP contribution in [-0.4, -0.2) is 5.11 Å². The molecule has 1 nitrogen and oxygen atoms in total. The molecule has 0 saturated carbocycles. The highest BCUT2D eigenvalue weighted by Gasteiger charge is 2.03. The molecule has 0 aliphatic carbocycles. The second kappa shape index (κ2) is 6.18. The van der Waals surface area contributed by atoms with Crippen LogP contribution < -0.4 is 0 Å². The lowest BCUT2D eigenvalue weighted by atomic mass is 10.0. The SMILES string of the molecule is CC(O)c1ccccc1C=CCc1ccccc1. The van der Waals surface area contributed by atoms with Crippen molar-refractivity contribution >= 4 is 6.08 Å². The van der Waals surface area contributed by atoms with E-state index in [4.69, 9.17) is 0 Å². The van der Waals surface area contributed by atoms with E-state index in [1.165, 1.54) is 5.56 Å². The molecule has 0 heterocycles. The Kier molecular flexibility index (Phi) is 4.32. The summed E-state index contributed by atoms with van der Waals surface area (Å²) in [6.45, 7) is 1.80. The quantitative estimate of drug-likeness (QED) is 0.853.